The number of carbonyl (C=O) groups excluding carboxylic acids is 1. The van der Waals surface area contributed by atoms with Crippen molar-refractivity contribution in [2.75, 3.05) is 0 Å². The zero-order valence-electron chi connectivity index (χ0n) is 16.5. The van der Waals surface area contributed by atoms with Gasteiger partial charge in [-0.3, -0.25) is 18.6 Å². The second-order valence-corrected chi connectivity index (χ2v) is 8.80. The quantitative estimate of drug-likeness (QED) is 0.454. The van der Waals surface area contributed by atoms with Gasteiger partial charge in [-0.25, -0.2) is 4.39 Å². The number of amides is 1. The van der Waals surface area contributed by atoms with E-state index in [0.717, 1.165) is 6.42 Å². The Morgan fingerprint density at radius 3 is 2.73 bits per heavy atom. The molecule has 1 amide bonds. The van der Waals surface area contributed by atoms with Gasteiger partial charge in [0.05, 0.1) is 15.8 Å². The standard InChI is InChI=1S/C22H20FN3O2S2/c1-3-13(2)24-18(27)12-25-20-19(14-7-6-8-15(23)11-14)30-22(29)26(20)17-10-5-4-9-16(17)21(25)28/h4-11,13H,3,12H2,1-2H3,(H,24,27)/t13-/m0/s1. The first kappa shape index (κ1) is 20.4. The van der Waals surface area contributed by atoms with Gasteiger partial charge >= 0.3 is 0 Å². The number of nitrogens with zero attached hydrogens (tertiary/aromatic N) is 2. The van der Waals surface area contributed by atoms with Crippen LogP contribution in [0, 0.1) is 9.77 Å². The van der Waals surface area contributed by atoms with Crippen LogP contribution in [0.15, 0.2) is 53.3 Å². The molecule has 154 valence electrons. The summed E-state index contributed by atoms with van der Waals surface area (Å²) >= 11 is 6.90. The fourth-order valence-electron chi connectivity index (χ4n) is 3.44. The summed E-state index contributed by atoms with van der Waals surface area (Å²) in [6, 6.07) is 13.3. The van der Waals surface area contributed by atoms with Gasteiger partial charge in [0, 0.05) is 6.04 Å². The van der Waals surface area contributed by atoms with Crippen LogP contribution in [0.4, 0.5) is 4.39 Å². The van der Waals surface area contributed by atoms with E-state index in [1.165, 1.54) is 28.0 Å². The van der Waals surface area contributed by atoms with E-state index in [-0.39, 0.29) is 29.9 Å². The van der Waals surface area contributed by atoms with Gasteiger partial charge in [0.15, 0.2) is 3.95 Å². The number of para-hydroxylation sites is 1. The molecule has 30 heavy (non-hydrogen) atoms. The fourth-order valence-corrected chi connectivity index (χ4v) is 4.87. The van der Waals surface area contributed by atoms with E-state index in [9.17, 15) is 14.0 Å². The molecular formula is C22H20FN3O2S2. The number of nitrogens with one attached hydrogen (secondary N) is 1. The highest BCUT2D eigenvalue weighted by molar-refractivity contribution is 7.73. The first-order valence-electron chi connectivity index (χ1n) is 9.63. The van der Waals surface area contributed by atoms with E-state index in [2.05, 4.69) is 5.32 Å². The van der Waals surface area contributed by atoms with E-state index >= 15 is 0 Å². The van der Waals surface area contributed by atoms with Gasteiger partial charge < -0.3 is 5.32 Å². The molecule has 0 bridgehead atoms. The number of thiazole rings is 1. The van der Waals surface area contributed by atoms with Gasteiger partial charge in [-0.15, -0.1) is 11.3 Å². The summed E-state index contributed by atoms with van der Waals surface area (Å²) in [6.07, 6.45) is 0.784. The van der Waals surface area contributed by atoms with Crippen LogP contribution in [-0.2, 0) is 11.3 Å². The minimum atomic E-state index is -0.380. The number of benzene rings is 2. The van der Waals surface area contributed by atoms with Crippen molar-refractivity contribution in [3.8, 4) is 10.4 Å². The topological polar surface area (TPSA) is 55.5 Å². The predicted molar refractivity (Wildman–Crippen MR) is 121 cm³/mol. The Bertz CT molecular complexity index is 1390. The summed E-state index contributed by atoms with van der Waals surface area (Å²) in [5.74, 6) is -0.639. The van der Waals surface area contributed by atoms with Crippen LogP contribution >= 0.6 is 23.6 Å². The third kappa shape index (κ3) is 3.57. The Hall–Kier alpha value is -2.84. The third-order valence-corrected chi connectivity index (χ3v) is 6.48. The zero-order valence-corrected chi connectivity index (χ0v) is 18.1. The summed E-state index contributed by atoms with van der Waals surface area (Å²) in [6.45, 7) is 3.74. The van der Waals surface area contributed by atoms with E-state index in [0.29, 0.717) is 30.9 Å². The number of rotatable bonds is 5. The first-order valence-corrected chi connectivity index (χ1v) is 10.9. The van der Waals surface area contributed by atoms with Gasteiger partial charge in [0.2, 0.25) is 5.91 Å². The largest absolute Gasteiger partial charge is 0.352 e. The van der Waals surface area contributed by atoms with E-state index in [1.54, 1.807) is 28.7 Å². The number of hydrogen-bond acceptors (Lipinski definition) is 4. The molecular weight excluding hydrogens is 421 g/mol. The predicted octanol–water partition coefficient (Wildman–Crippen LogP) is 4.77. The third-order valence-electron chi connectivity index (χ3n) is 5.07. The Balaban J connectivity index is 2.05. The lowest BCUT2D eigenvalue weighted by Gasteiger charge is -2.15. The van der Waals surface area contributed by atoms with Crippen molar-refractivity contribution in [2.45, 2.75) is 32.9 Å². The second kappa shape index (κ2) is 8.12. The van der Waals surface area contributed by atoms with Gasteiger partial charge in [-0.2, -0.15) is 0 Å². The van der Waals surface area contributed by atoms with Crippen LogP contribution in [0.2, 0.25) is 0 Å². The molecule has 0 aliphatic carbocycles. The van der Waals surface area contributed by atoms with Crippen molar-refractivity contribution in [2.24, 2.45) is 0 Å². The summed E-state index contributed by atoms with van der Waals surface area (Å²) in [5.41, 5.74) is 1.49. The van der Waals surface area contributed by atoms with Crippen molar-refractivity contribution in [3.63, 3.8) is 0 Å². The summed E-state index contributed by atoms with van der Waals surface area (Å²) < 4.78 is 17.7. The molecule has 0 radical (unpaired) electrons. The molecule has 0 fully saturated rings. The second-order valence-electron chi connectivity index (χ2n) is 7.15. The molecule has 0 aliphatic rings. The van der Waals surface area contributed by atoms with Crippen LogP contribution in [0.1, 0.15) is 20.3 Å². The van der Waals surface area contributed by atoms with Crippen molar-refractivity contribution in [1.82, 2.24) is 14.3 Å². The number of carbonyl (C=O) groups is 1. The van der Waals surface area contributed by atoms with Crippen LogP contribution in [0.5, 0.6) is 0 Å². The molecule has 1 atom stereocenters. The Morgan fingerprint density at radius 2 is 2.00 bits per heavy atom. The molecule has 4 aromatic rings. The molecule has 1 N–H and O–H groups in total. The summed E-state index contributed by atoms with van der Waals surface area (Å²) in [5, 5.41) is 3.38. The normalized spacial score (nSPS) is 12.4. The molecule has 2 aromatic heterocycles. The number of fused-ring (bicyclic) bond motifs is 3. The number of hydrogen-bond donors (Lipinski definition) is 1. The van der Waals surface area contributed by atoms with Crippen LogP contribution < -0.4 is 10.9 Å². The van der Waals surface area contributed by atoms with Gasteiger partial charge in [-0.05, 0) is 55.4 Å². The lowest BCUT2D eigenvalue weighted by atomic mass is 10.2. The lowest BCUT2D eigenvalue weighted by Crippen LogP contribution is -2.37. The molecule has 5 nitrogen and oxygen atoms in total. The molecule has 0 saturated heterocycles. The molecule has 0 spiro atoms. The molecule has 2 aromatic carbocycles. The van der Waals surface area contributed by atoms with E-state index < -0.39 is 0 Å². The Kier molecular flexibility index (Phi) is 5.53. The maximum absolute atomic E-state index is 13.9. The molecule has 4 rings (SSSR count). The van der Waals surface area contributed by atoms with E-state index in [1.807, 2.05) is 26.0 Å². The van der Waals surface area contributed by atoms with Crippen LogP contribution in [0.25, 0.3) is 27.0 Å². The Morgan fingerprint density at radius 1 is 1.23 bits per heavy atom. The number of aromatic nitrogens is 2. The van der Waals surface area contributed by atoms with Gasteiger partial charge in [0.25, 0.3) is 5.56 Å². The average molecular weight is 442 g/mol. The molecule has 8 heteroatoms. The average Bonchev–Trinajstić information content (AvgIpc) is 3.08. The van der Waals surface area contributed by atoms with Gasteiger partial charge in [0.1, 0.15) is 18.0 Å². The maximum Gasteiger partial charge on any atom is 0.262 e. The first-order chi connectivity index (χ1) is 14.4. The monoisotopic (exact) mass is 441 g/mol. The minimum absolute atomic E-state index is 0.00326. The smallest absolute Gasteiger partial charge is 0.262 e. The molecule has 0 saturated carbocycles. The zero-order chi connectivity index (χ0) is 21.4. The Labute approximate surface area is 181 Å². The highest BCUT2D eigenvalue weighted by Crippen LogP contribution is 2.33. The maximum atomic E-state index is 13.9. The highest BCUT2D eigenvalue weighted by atomic mass is 32.1. The summed E-state index contributed by atoms with van der Waals surface area (Å²) in [7, 11) is 0. The molecule has 2 heterocycles. The molecule has 0 unspecified atom stereocenters. The lowest BCUT2D eigenvalue weighted by molar-refractivity contribution is -0.122. The SMILES string of the molecule is CC[C@H](C)NC(=O)Cn1c(=O)c2ccccc2n2c(=S)sc(-c3cccc(F)c3)c12. The number of halogens is 1. The van der Waals surface area contributed by atoms with E-state index in [4.69, 9.17) is 12.2 Å². The van der Waals surface area contributed by atoms with Crippen molar-refractivity contribution >= 4 is 46.0 Å². The fraction of sp³-hybridized carbons (Fsp3) is 0.227. The minimum Gasteiger partial charge on any atom is -0.352 e. The summed E-state index contributed by atoms with van der Waals surface area (Å²) in [4.78, 5) is 26.7. The van der Waals surface area contributed by atoms with Crippen molar-refractivity contribution in [3.05, 3.63) is 68.7 Å². The molecule has 0 aliphatic heterocycles. The van der Waals surface area contributed by atoms with Crippen molar-refractivity contribution in [1.29, 1.82) is 0 Å². The van der Waals surface area contributed by atoms with Crippen molar-refractivity contribution < 1.29 is 9.18 Å². The van der Waals surface area contributed by atoms with Crippen LogP contribution in [-0.4, -0.2) is 20.9 Å². The van der Waals surface area contributed by atoms with Gasteiger partial charge in [-0.1, -0.05) is 31.2 Å². The highest BCUT2D eigenvalue weighted by Gasteiger charge is 2.20. The van der Waals surface area contributed by atoms with Crippen LogP contribution in [0.3, 0.4) is 0 Å².